The van der Waals surface area contributed by atoms with Gasteiger partial charge in [0.1, 0.15) is 0 Å². The number of hydrogen-bond acceptors (Lipinski definition) is 3. The number of nitrogens with zero attached hydrogens (tertiary/aromatic N) is 2. The summed E-state index contributed by atoms with van der Waals surface area (Å²) in [5, 5.41) is 0.928. The molecule has 108 valence electrons. The molecule has 1 saturated heterocycles. The van der Waals surface area contributed by atoms with E-state index >= 15 is 0 Å². The summed E-state index contributed by atoms with van der Waals surface area (Å²) in [6, 6.07) is 5.91. The Morgan fingerprint density at radius 1 is 1.10 bits per heavy atom. The maximum atomic E-state index is 12.2. The highest BCUT2D eigenvalue weighted by molar-refractivity contribution is 6.42. The fraction of sp³-hybridized carbons (Fsp3) is 0.533. The van der Waals surface area contributed by atoms with E-state index in [-0.39, 0.29) is 5.78 Å². The van der Waals surface area contributed by atoms with Gasteiger partial charge in [-0.1, -0.05) is 23.2 Å². The van der Waals surface area contributed by atoms with E-state index in [1.807, 2.05) is 0 Å². The number of halogens is 2. The number of carbonyl (C=O) groups excluding carboxylic acids is 1. The highest BCUT2D eigenvalue weighted by Crippen LogP contribution is 2.27. The summed E-state index contributed by atoms with van der Waals surface area (Å²) in [7, 11) is 0. The van der Waals surface area contributed by atoms with Gasteiger partial charge in [0.15, 0.2) is 5.78 Å². The Kier molecular flexibility index (Phi) is 4.32. The van der Waals surface area contributed by atoms with Gasteiger partial charge in [-0.3, -0.25) is 14.6 Å². The van der Waals surface area contributed by atoms with Crippen molar-refractivity contribution in [2.24, 2.45) is 0 Å². The Morgan fingerprint density at radius 2 is 1.80 bits per heavy atom. The molecule has 0 amide bonds. The van der Waals surface area contributed by atoms with Crippen molar-refractivity contribution < 1.29 is 4.79 Å². The van der Waals surface area contributed by atoms with Gasteiger partial charge in [-0.05, 0) is 31.0 Å². The van der Waals surface area contributed by atoms with Crippen molar-refractivity contribution >= 4 is 29.0 Å². The highest BCUT2D eigenvalue weighted by atomic mass is 35.5. The molecule has 1 saturated carbocycles. The fourth-order valence-corrected chi connectivity index (χ4v) is 2.99. The minimum Gasteiger partial charge on any atom is -0.298 e. The second kappa shape index (κ2) is 6.02. The molecule has 0 aromatic heterocycles. The van der Waals surface area contributed by atoms with E-state index < -0.39 is 0 Å². The number of benzene rings is 1. The molecule has 2 aliphatic rings. The molecule has 3 nitrogen and oxygen atoms in total. The molecule has 5 heteroatoms. The third-order valence-electron chi connectivity index (χ3n) is 4.08. The van der Waals surface area contributed by atoms with E-state index in [0.717, 1.165) is 32.2 Å². The number of ketones is 1. The van der Waals surface area contributed by atoms with Crippen molar-refractivity contribution in [1.29, 1.82) is 0 Å². The van der Waals surface area contributed by atoms with E-state index in [1.165, 1.54) is 12.8 Å². The van der Waals surface area contributed by atoms with Crippen molar-refractivity contribution in [3.8, 4) is 0 Å². The number of piperazine rings is 1. The monoisotopic (exact) mass is 312 g/mol. The number of rotatable bonds is 4. The molecule has 3 rings (SSSR count). The zero-order chi connectivity index (χ0) is 14.1. The first-order valence-corrected chi connectivity index (χ1v) is 7.84. The first kappa shape index (κ1) is 14.3. The van der Waals surface area contributed by atoms with Crippen LogP contribution in [0.2, 0.25) is 10.0 Å². The molecule has 0 unspecified atom stereocenters. The number of Topliss-reactive ketones (excluding diaryl/α,β-unsaturated/α-hetero) is 1. The molecule has 0 atom stereocenters. The van der Waals surface area contributed by atoms with Gasteiger partial charge in [0.2, 0.25) is 0 Å². The zero-order valence-corrected chi connectivity index (χ0v) is 12.8. The van der Waals surface area contributed by atoms with Gasteiger partial charge in [-0.15, -0.1) is 0 Å². The Labute approximate surface area is 129 Å². The van der Waals surface area contributed by atoms with E-state index in [0.29, 0.717) is 22.2 Å². The van der Waals surface area contributed by atoms with Crippen LogP contribution < -0.4 is 0 Å². The van der Waals surface area contributed by atoms with Gasteiger partial charge in [0, 0.05) is 37.8 Å². The van der Waals surface area contributed by atoms with Crippen LogP contribution >= 0.6 is 23.2 Å². The fourth-order valence-electron chi connectivity index (χ4n) is 2.69. The molecule has 1 heterocycles. The van der Waals surface area contributed by atoms with Crippen LogP contribution in [-0.4, -0.2) is 54.3 Å². The smallest absolute Gasteiger partial charge is 0.176 e. The van der Waals surface area contributed by atoms with E-state index in [4.69, 9.17) is 23.2 Å². The van der Waals surface area contributed by atoms with Crippen molar-refractivity contribution in [2.75, 3.05) is 32.7 Å². The second-order valence-corrected chi connectivity index (χ2v) is 6.41. The molecular formula is C15H18Cl2N2O. The predicted octanol–water partition coefficient (Wildman–Crippen LogP) is 2.96. The van der Waals surface area contributed by atoms with Crippen molar-refractivity contribution in [3.05, 3.63) is 33.8 Å². The predicted molar refractivity (Wildman–Crippen MR) is 81.8 cm³/mol. The van der Waals surface area contributed by atoms with Gasteiger partial charge in [0.05, 0.1) is 16.6 Å². The van der Waals surface area contributed by atoms with Gasteiger partial charge in [-0.2, -0.15) is 0 Å². The summed E-state index contributed by atoms with van der Waals surface area (Å²) in [6.07, 6.45) is 2.70. The average molecular weight is 313 g/mol. The lowest BCUT2D eigenvalue weighted by atomic mass is 10.1. The van der Waals surface area contributed by atoms with Crippen LogP contribution in [0.25, 0.3) is 0 Å². The van der Waals surface area contributed by atoms with Crippen LogP contribution in [0, 0.1) is 0 Å². The molecular weight excluding hydrogens is 295 g/mol. The summed E-state index contributed by atoms with van der Waals surface area (Å²) in [5.41, 5.74) is 0.643. The quantitative estimate of drug-likeness (QED) is 0.799. The number of hydrogen-bond donors (Lipinski definition) is 0. The molecule has 0 radical (unpaired) electrons. The Balaban J connectivity index is 1.54. The third-order valence-corrected chi connectivity index (χ3v) is 4.82. The van der Waals surface area contributed by atoms with Crippen LogP contribution in [0.15, 0.2) is 18.2 Å². The summed E-state index contributed by atoms with van der Waals surface area (Å²) in [5.74, 6) is 0.114. The van der Waals surface area contributed by atoms with Crippen LogP contribution in [0.4, 0.5) is 0 Å². The maximum Gasteiger partial charge on any atom is 0.176 e. The molecule has 0 N–H and O–H groups in total. The summed E-state index contributed by atoms with van der Waals surface area (Å²) in [6.45, 7) is 4.59. The molecule has 1 aliphatic heterocycles. The minimum atomic E-state index is 0.114. The standard InChI is InChI=1S/C15H18Cl2N2O/c16-13-4-1-11(9-14(13)17)15(20)10-18-5-7-19(8-6-18)12-2-3-12/h1,4,9,12H,2-3,5-8,10H2. The second-order valence-electron chi connectivity index (χ2n) is 5.60. The lowest BCUT2D eigenvalue weighted by Gasteiger charge is -2.34. The Hall–Kier alpha value is -0.610. The average Bonchev–Trinajstić information content (AvgIpc) is 3.27. The molecule has 1 aromatic rings. The summed E-state index contributed by atoms with van der Waals surface area (Å²) >= 11 is 11.8. The SMILES string of the molecule is O=C(CN1CCN(C2CC2)CC1)c1ccc(Cl)c(Cl)c1. The van der Waals surface area contributed by atoms with Crippen LogP contribution in [0.3, 0.4) is 0 Å². The molecule has 2 fully saturated rings. The topological polar surface area (TPSA) is 23.6 Å². The summed E-state index contributed by atoms with van der Waals surface area (Å²) in [4.78, 5) is 17.0. The molecule has 0 spiro atoms. The Morgan fingerprint density at radius 3 is 2.40 bits per heavy atom. The maximum absolute atomic E-state index is 12.2. The lowest BCUT2D eigenvalue weighted by Crippen LogP contribution is -2.48. The first-order valence-electron chi connectivity index (χ1n) is 7.08. The molecule has 20 heavy (non-hydrogen) atoms. The van der Waals surface area contributed by atoms with Crippen LogP contribution in [0.5, 0.6) is 0 Å². The van der Waals surface area contributed by atoms with Gasteiger partial charge >= 0.3 is 0 Å². The van der Waals surface area contributed by atoms with Crippen molar-refractivity contribution in [2.45, 2.75) is 18.9 Å². The van der Waals surface area contributed by atoms with E-state index in [9.17, 15) is 4.79 Å². The molecule has 1 aliphatic carbocycles. The van der Waals surface area contributed by atoms with Crippen LogP contribution in [-0.2, 0) is 0 Å². The molecule has 0 bridgehead atoms. The third kappa shape index (κ3) is 3.34. The van der Waals surface area contributed by atoms with Gasteiger partial charge in [-0.25, -0.2) is 0 Å². The van der Waals surface area contributed by atoms with Crippen molar-refractivity contribution in [1.82, 2.24) is 9.80 Å². The normalized spacial score (nSPS) is 21.1. The number of carbonyl (C=O) groups is 1. The van der Waals surface area contributed by atoms with Crippen molar-refractivity contribution in [3.63, 3.8) is 0 Å². The van der Waals surface area contributed by atoms with E-state index in [2.05, 4.69) is 9.80 Å². The molecule has 1 aromatic carbocycles. The van der Waals surface area contributed by atoms with Gasteiger partial charge in [0.25, 0.3) is 0 Å². The summed E-state index contributed by atoms with van der Waals surface area (Å²) < 4.78 is 0. The Bertz CT molecular complexity index is 509. The minimum absolute atomic E-state index is 0.114. The highest BCUT2D eigenvalue weighted by Gasteiger charge is 2.31. The van der Waals surface area contributed by atoms with Crippen LogP contribution in [0.1, 0.15) is 23.2 Å². The zero-order valence-electron chi connectivity index (χ0n) is 11.3. The van der Waals surface area contributed by atoms with Gasteiger partial charge < -0.3 is 0 Å². The van der Waals surface area contributed by atoms with E-state index in [1.54, 1.807) is 18.2 Å². The lowest BCUT2D eigenvalue weighted by molar-refractivity contribution is 0.0843. The largest absolute Gasteiger partial charge is 0.298 e. The first-order chi connectivity index (χ1) is 9.63.